The quantitative estimate of drug-likeness (QED) is 0.876. The molecule has 0 aliphatic carbocycles. The van der Waals surface area contributed by atoms with Crippen LogP contribution in [0.5, 0.6) is 5.75 Å². The summed E-state index contributed by atoms with van der Waals surface area (Å²) in [5, 5.41) is 2.65. The number of ether oxygens (including phenoxy) is 1. The van der Waals surface area contributed by atoms with Crippen molar-refractivity contribution in [1.29, 1.82) is 0 Å². The third kappa shape index (κ3) is 3.33. The highest BCUT2D eigenvalue weighted by molar-refractivity contribution is 7.89. The van der Waals surface area contributed by atoms with Crippen LogP contribution in [0.25, 0.3) is 0 Å². The first-order valence-corrected chi connectivity index (χ1v) is 8.41. The Hall–Kier alpha value is -2.45. The summed E-state index contributed by atoms with van der Waals surface area (Å²) >= 11 is 0. The summed E-state index contributed by atoms with van der Waals surface area (Å²) in [6.45, 7) is 1.63. The van der Waals surface area contributed by atoms with Gasteiger partial charge in [0.2, 0.25) is 10.0 Å². The molecule has 8 heteroatoms. The highest BCUT2D eigenvalue weighted by Crippen LogP contribution is 2.32. The number of sulfonamides is 1. The number of hydrogen-bond acceptors (Lipinski definition) is 5. The van der Waals surface area contributed by atoms with Crippen molar-refractivity contribution < 1.29 is 17.9 Å². The van der Waals surface area contributed by atoms with E-state index in [1.807, 2.05) is 0 Å². The molecule has 0 radical (unpaired) electrons. The predicted molar refractivity (Wildman–Crippen MR) is 83.6 cm³/mol. The molecule has 2 aromatic rings. The number of aryl methyl sites for hydroxylation is 1. The maximum atomic E-state index is 12.5. The predicted octanol–water partition coefficient (Wildman–Crippen LogP) is 1.20. The Kier molecular flexibility index (Phi) is 4.01. The first-order chi connectivity index (χ1) is 11.0. The molecular formula is C15H15N3O4S. The second-order valence-corrected chi connectivity index (χ2v) is 6.83. The molecule has 120 valence electrons. The van der Waals surface area contributed by atoms with Gasteiger partial charge < -0.3 is 10.1 Å². The highest BCUT2D eigenvalue weighted by Gasteiger charge is 2.23. The van der Waals surface area contributed by atoms with Gasteiger partial charge in [-0.15, -0.1) is 0 Å². The lowest BCUT2D eigenvalue weighted by atomic mass is 10.2. The Morgan fingerprint density at radius 1 is 1.35 bits per heavy atom. The highest BCUT2D eigenvalue weighted by atomic mass is 32.2. The number of aromatic nitrogens is 1. The van der Waals surface area contributed by atoms with E-state index in [4.69, 9.17) is 4.74 Å². The number of nitrogens with one attached hydrogen (secondary N) is 2. The monoisotopic (exact) mass is 333 g/mol. The SMILES string of the molecule is Cc1cc2c(cc1S(=O)(=O)NCc1ccccn1)OCC(=O)N2. The smallest absolute Gasteiger partial charge is 0.262 e. The molecule has 23 heavy (non-hydrogen) atoms. The largest absolute Gasteiger partial charge is 0.482 e. The Balaban J connectivity index is 1.86. The lowest BCUT2D eigenvalue weighted by Gasteiger charge is -2.20. The fourth-order valence-electron chi connectivity index (χ4n) is 2.26. The Bertz CT molecular complexity index is 851. The molecule has 1 aromatic heterocycles. The molecule has 3 rings (SSSR count). The molecule has 2 N–H and O–H groups in total. The van der Waals surface area contributed by atoms with Gasteiger partial charge >= 0.3 is 0 Å². The lowest BCUT2D eigenvalue weighted by Crippen LogP contribution is -2.27. The van der Waals surface area contributed by atoms with Gasteiger partial charge in [0, 0.05) is 12.3 Å². The van der Waals surface area contributed by atoms with Gasteiger partial charge in [-0.25, -0.2) is 13.1 Å². The van der Waals surface area contributed by atoms with Crippen LogP contribution in [0.2, 0.25) is 0 Å². The zero-order valence-electron chi connectivity index (χ0n) is 12.4. The average molecular weight is 333 g/mol. The maximum absolute atomic E-state index is 12.5. The zero-order valence-corrected chi connectivity index (χ0v) is 13.2. The van der Waals surface area contributed by atoms with E-state index in [0.29, 0.717) is 22.7 Å². The number of carbonyl (C=O) groups excluding carboxylic acids is 1. The van der Waals surface area contributed by atoms with Crippen LogP contribution in [-0.2, 0) is 21.4 Å². The Morgan fingerprint density at radius 3 is 2.91 bits per heavy atom. The van der Waals surface area contributed by atoms with Crippen LogP contribution in [0.1, 0.15) is 11.3 Å². The molecule has 1 aromatic carbocycles. The van der Waals surface area contributed by atoms with Gasteiger partial charge in [0.1, 0.15) is 5.75 Å². The number of pyridine rings is 1. The van der Waals surface area contributed by atoms with Gasteiger partial charge in [-0.1, -0.05) is 6.07 Å². The third-order valence-corrected chi connectivity index (χ3v) is 4.91. The van der Waals surface area contributed by atoms with Crippen LogP contribution >= 0.6 is 0 Å². The van der Waals surface area contributed by atoms with Gasteiger partial charge in [-0.05, 0) is 30.7 Å². The van der Waals surface area contributed by atoms with Crippen LogP contribution in [0.4, 0.5) is 5.69 Å². The molecular weight excluding hydrogens is 318 g/mol. The van der Waals surface area contributed by atoms with E-state index in [-0.39, 0.29) is 24.0 Å². The number of benzene rings is 1. The molecule has 1 amide bonds. The number of nitrogens with zero attached hydrogens (tertiary/aromatic N) is 1. The molecule has 1 aliphatic heterocycles. The van der Waals surface area contributed by atoms with E-state index in [1.165, 1.54) is 6.07 Å². The maximum Gasteiger partial charge on any atom is 0.262 e. The van der Waals surface area contributed by atoms with Crippen molar-refractivity contribution in [2.24, 2.45) is 0 Å². The van der Waals surface area contributed by atoms with Crippen molar-refractivity contribution in [3.63, 3.8) is 0 Å². The van der Waals surface area contributed by atoms with Crippen molar-refractivity contribution in [3.05, 3.63) is 47.8 Å². The van der Waals surface area contributed by atoms with Crippen molar-refractivity contribution in [2.45, 2.75) is 18.4 Å². The van der Waals surface area contributed by atoms with E-state index < -0.39 is 10.0 Å². The van der Waals surface area contributed by atoms with E-state index in [1.54, 1.807) is 37.4 Å². The fraction of sp³-hybridized carbons (Fsp3) is 0.200. The summed E-state index contributed by atoms with van der Waals surface area (Å²) in [5.74, 6) is 0.0780. The summed E-state index contributed by atoms with van der Waals surface area (Å²) in [5.41, 5.74) is 1.61. The second-order valence-electron chi connectivity index (χ2n) is 5.10. The van der Waals surface area contributed by atoms with E-state index in [0.717, 1.165) is 0 Å². The first kappa shape index (κ1) is 15.4. The Morgan fingerprint density at radius 2 is 2.17 bits per heavy atom. The summed E-state index contributed by atoms with van der Waals surface area (Å²) < 4.78 is 32.8. The van der Waals surface area contributed by atoms with Crippen molar-refractivity contribution in [2.75, 3.05) is 11.9 Å². The molecule has 0 saturated heterocycles. The number of fused-ring (bicyclic) bond motifs is 1. The standard InChI is InChI=1S/C15H15N3O4S/c1-10-6-12-13(22-9-15(19)18-12)7-14(10)23(20,21)17-8-11-4-2-3-5-16-11/h2-7,17H,8-9H2,1H3,(H,18,19). The van der Waals surface area contributed by atoms with Gasteiger partial charge in [0.15, 0.2) is 6.61 Å². The summed E-state index contributed by atoms with van der Waals surface area (Å²) in [4.78, 5) is 15.5. The molecule has 0 bridgehead atoms. The van der Waals surface area contributed by atoms with Crippen LogP contribution in [-0.4, -0.2) is 25.9 Å². The van der Waals surface area contributed by atoms with E-state index in [2.05, 4.69) is 15.0 Å². The zero-order chi connectivity index (χ0) is 16.4. The number of anilines is 1. The van der Waals surface area contributed by atoms with E-state index >= 15 is 0 Å². The van der Waals surface area contributed by atoms with Gasteiger partial charge in [0.05, 0.1) is 22.8 Å². The van der Waals surface area contributed by atoms with Crippen molar-refractivity contribution in [3.8, 4) is 5.75 Å². The van der Waals surface area contributed by atoms with Crippen LogP contribution in [0.15, 0.2) is 41.4 Å². The summed E-state index contributed by atoms with van der Waals surface area (Å²) in [6.07, 6.45) is 1.60. The molecule has 0 spiro atoms. The molecule has 0 unspecified atom stereocenters. The molecule has 7 nitrogen and oxygen atoms in total. The Labute approximate surface area is 133 Å². The second kappa shape index (κ2) is 5.98. The average Bonchev–Trinajstić information content (AvgIpc) is 2.53. The van der Waals surface area contributed by atoms with Crippen LogP contribution in [0, 0.1) is 6.92 Å². The normalized spacial score (nSPS) is 13.9. The van der Waals surface area contributed by atoms with Crippen LogP contribution < -0.4 is 14.8 Å². The van der Waals surface area contributed by atoms with Crippen molar-refractivity contribution >= 4 is 21.6 Å². The third-order valence-electron chi connectivity index (χ3n) is 3.37. The topological polar surface area (TPSA) is 97.4 Å². The number of hydrogen-bond donors (Lipinski definition) is 2. The van der Waals surface area contributed by atoms with Crippen LogP contribution in [0.3, 0.4) is 0 Å². The minimum Gasteiger partial charge on any atom is -0.482 e. The van der Waals surface area contributed by atoms with Gasteiger partial charge in [-0.2, -0.15) is 0 Å². The van der Waals surface area contributed by atoms with E-state index in [9.17, 15) is 13.2 Å². The molecule has 1 aliphatic rings. The summed E-state index contributed by atoms with van der Waals surface area (Å²) in [7, 11) is -3.72. The molecule has 0 atom stereocenters. The minimum atomic E-state index is -3.72. The number of amides is 1. The van der Waals surface area contributed by atoms with Crippen molar-refractivity contribution in [1.82, 2.24) is 9.71 Å². The minimum absolute atomic E-state index is 0.0945. The summed E-state index contributed by atoms with van der Waals surface area (Å²) in [6, 6.07) is 8.29. The molecule has 0 fully saturated rings. The molecule has 0 saturated carbocycles. The van der Waals surface area contributed by atoms with Gasteiger partial charge in [0.25, 0.3) is 5.91 Å². The number of carbonyl (C=O) groups is 1. The molecule has 2 heterocycles. The number of rotatable bonds is 4. The fourth-order valence-corrected chi connectivity index (χ4v) is 3.49. The lowest BCUT2D eigenvalue weighted by molar-refractivity contribution is -0.118. The first-order valence-electron chi connectivity index (χ1n) is 6.92. The van der Waals surface area contributed by atoms with Gasteiger partial charge in [-0.3, -0.25) is 9.78 Å².